The van der Waals surface area contributed by atoms with Gasteiger partial charge in [-0.05, 0) is 6.42 Å². The van der Waals surface area contributed by atoms with E-state index in [0.717, 1.165) is 0 Å². The fraction of sp³-hybridized carbons (Fsp3) is 0.250. The first-order valence-corrected chi connectivity index (χ1v) is 5.52. The zero-order valence-electron chi connectivity index (χ0n) is 9.13. The van der Waals surface area contributed by atoms with E-state index in [4.69, 9.17) is 23.1 Å². The van der Waals surface area contributed by atoms with Crippen LogP contribution < -0.4 is 5.73 Å². The van der Waals surface area contributed by atoms with Crippen LogP contribution in [0, 0.1) is 0 Å². The molecule has 0 aliphatic rings. The van der Waals surface area contributed by atoms with Gasteiger partial charge in [-0.25, -0.2) is 0 Å². The summed E-state index contributed by atoms with van der Waals surface area (Å²) in [6.45, 7) is 0. The Bertz CT molecular complexity index is 431. The largest absolute Gasteiger partial charge is 0.480 e. The Hall–Kier alpha value is -1.59. The lowest BCUT2D eigenvalue weighted by Gasteiger charge is -2.07. The van der Waals surface area contributed by atoms with Crippen LogP contribution in [0.3, 0.4) is 0 Å². The van der Waals surface area contributed by atoms with Gasteiger partial charge in [0.15, 0.2) is 5.78 Å². The number of Topliss-reactive ketones (excluding diaryl/α,β-unsaturated/α-hetero) is 1. The predicted octanol–water partition coefficient (Wildman–Crippen LogP) is 1.43. The number of rotatable bonds is 6. The van der Waals surface area contributed by atoms with E-state index in [1.807, 2.05) is 6.07 Å². The zero-order chi connectivity index (χ0) is 12.8. The number of carboxylic acids is 1. The lowest BCUT2D eigenvalue weighted by atomic mass is 10.0. The normalized spacial score (nSPS) is 11.8. The monoisotopic (exact) mass is 251 g/mol. The average molecular weight is 251 g/mol. The molecule has 0 fully saturated rings. The van der Waals surface area contributed by atoms with Gasteiger partial charge in [-0.1, -0.05) is 42.5 Å². The minimum atomic E-state index is -1.17. The van der Waals surface area contributed by atoms with Crippen LogP contribution in [0.15, 0.2) is 30.3 Å². The first kappa shape index (κ1) is 13.5. The van der Waals surface area contributed by atoms with Crippen LogP contribution in [0.5, 0.6) is 0 Å². The Morgan fingerprint density at radius 2 is 1.82 bits per heavy atom. The number of ketones is 1. The van der Waals surface area contributed by atoms with Crippen LogP contribution in [0.25, 0.3) is 0 Å². The third kappa shape index (κ3) is 4.05. The number of carboxylic acid groups (broad SMARTS) is 1. The van der Waals surface area contributed by atoms with Gasteiger partial charge in [0.25, 0.3) is 0 Å². The van der Waals surface area contributed by atoms with Crippen molar-refractivity contribution in [1.29, 1.82) is 0 Å². The van der Waals surface area contributed by atoms with Crippen molar-refractivity contribution >= 4 is 28.8 Å². The molecule has 0 bridgehead atoms. The average Bonchev–Trinajstić information content (AvgIpc) is 2.35. The Labute approximate surface area is 104 Å². The summed E-state index contributed by atoms with van der Waals surface area (Å²) in [4.78, 5) is 22.4. The first-order chi connectivity index (χ1) is 8.02. The Morgan fingerprint density at radius 1 is 1.24 bits per heavy atom. The van der Waals surface area contributed by atoms with Crippen LogP contribution in [0.2, 0.25) is 0 Å². The minimum absolute atomic E-state index is 0.0643. The number of nitrogens with two attached hydrogens (primary N) is 1. The molecule has 0 saturated carbocycles. The number of thiocarbonyl (C=S) groups is 1. The van der Waals surface area contributed by atoms with Crippen LogP contribution in [0.1, 0.15) is 23.2 Å². The molecule has 0 heterocycles. The highest BCUT2D eigenvalue weighted by Crippen LogP contribution is 2.07. The Balaban J connectivity index is 2.50. The van der Waals surface area contributed by atoms with Crippen molar-refractivity contribution in [2.45, 2.75) is 18.9 Å². The molecular formula is C12H13NO3S. The summed E-state index contributed by atoms with van der Waals surface area (Å²) in [6.07, 6.45) is 0.403. The van der Waals surface area contributed by atoms with Crippen molar-refractivity contribution < 1.29 is 14.7 Å². The van der Waals surface area contributed by atoms with Gasteiger partial charge in [0.1, 0.15) is 6.04 Å². The van der Waals surface area contributed by atoms with E-state index in [9.17, 15) is 9.59 Å². The Morgan fingerprint density at radius 3 is 2.35 bits per heavy atom. The molecule has 0 spiro atoms. The second kappa shape index (κ2) is 6.22. The predicted molar refractivity (Wildman–Crippen MR) is 68.2 cm³/mol. The van der Waals surface area contributed by atoms with Gasteiger partial charge in [0.05, 0.1) is 0 Å². The molecule has 4 nitrogen and oxygen atoms in total. The highest BCUT2D eigenvalue weighted by molar-refractivity contribution is 7.80. The van der Waals surface area contributed by atoms with Gasteiger partial charge in [-0.15, -0.1) is 0 Å². The fourth-order valence-electron chi connectivity index (χ4n) is 1.30. The summed E-state index contributed by atoms with van der Waals surface area (Å²) in [5.74, 6) is -1.23. The molecule has 17 heavy (non-hydrogen) atoms. The molecule has 0 aliphatic carbocycles. The lowest BCUT2D eigenvalue weighted by Crippen LogP contribution is -2.37. The number of benzene rings is 1. The number of carbonyl (C=O) groups excluding carboxylic acids is 1. The zero-order valence-corrected chi connectivity index (χ0v) is 9.94. The molecule has 1 aromatic carbocycles. The first-order valence-electron chi connectivity index (χ1n) is 5.11. The molecule has 0 amide bonds. The standard InChI is InChI=1S/C12H13NO3S/c13-11(12(15)16)10(17)7-6-9(14)8-4-2-1-3-5-8/h1-5,11H,6-7,13H2,(H,15,16). The smallest absolute Gasteiger partial charge is 0.325 e. The summed E-state index contributed by atoms with van der Waals surface area (Å²) >= 11 is 4.86. The fourth-order valence-corrected chi connectivity index (χ4v) is 1.50. The maximum atomic E-state index is 11.7. The van der Waals surface area contributed by atoms with Crippen LogP contribution in [-0.4, -0.2) is 27.8 Å². The van der Waals surface area contributed by atoms with Gasteiger partial charge in [-0.2, -0.15) is 0 Å². The summed E-state index contributed by atoms with van der Waals surface area (Å²) in [7, 11) is 0. The number of carbonyl (C=O) groups is 2. The molecule has 0 aliphatic heterocycles. The quantitative estimate of drug-likeness (QED) is 0.590. The minimum Gasteiger partial charge on any atom is -0.480 e. The molecule has 90 valence electrons. The number of hydrogen-bond donors (Lipinski definition) is 2. The highest BCUT2D eigenvalue weighted by Gasteiger charge is 2.18. The van der Waals surface area contributed by atoms with Crippen LogP contribution >= 0.6 is 12.2 Å². The van der Waals surface area contributed by atoms with Gasteiger partial charge in [-0.3, -0.25) is 9.59 Å². The Kier molecular flexibility index (Phi) is 4.93. The van der Waals surface area contributed by atoms with Crippen LogP contribution in [-0.2, 0) is 4.79 Å². The van der Waals surface area contributed by atoms with E-state index < -0.39 is 12.0 Å². The second-order valence-electron chi connectivity index (χ2n) is 3.57. The third-order valence-electron chi connectivity index (χ3n) is 2.31. The van der Waals surface area contributed by atoms with E-state index >= 15 is 0 Å². The molecule has 0 radical (unpaired) electrons. The molecule has 1 aromatic rings. The number of hydrogen-bond acceptors (Lipinski definition) is 4. The topological polar surface area (TPSA) is 80.4 Å². The van der Waals surface area contributed by atoms with E-state index in [1.165, 1.54) is 0 Å². The van der Waals surface area contributed by atoms with E-state index in [0.29, 0.717) is 5.56 Å². The molecule has 1 atom stereocenters. The third-order valence-corrected chi connectivity index (χ3v) is 2.77. The molecular weight excluding hydrogens is 238 g/mol. The molecule has 1 rings (SSSR count). The summed E-state index contributed by atoms with van der Waals surface area (Å²) in [5, 5.41) is 8.64. The molecule has 5 heteroatoms. The van der Waals surface area contributed by atoms with Gasteiger partial charge in [0, 0.05) is 16.8 Å². The second-order valence-corrected chi connectivity index (χ2v) is 4.10. The summed E-state index contributed by atoms with van der Waals surface area (Å²) in [6, 6.07) is 7.61. The summed E-state index contributed by atoms with van der Waals surface area (Å²) in [5.41, 5.74) is 5.93. The van der Waals surface area contributed by atoms with Gasteiger partial charge >= 0.3 is 5.97 Å². The van der Waals surface area contributed by atoms with Crippen LogP contribution in [0.4, 0.5) is 0 Å². The maximum Gasteiger partial charge on any atom is 0.325 e. The van der Waals surface area contributed by atoms with Crippen molar-refractivity contribution in [1.82, 2.24) is 0 Å². The molecule has 0 aromatic heterocycles. The maximum absolute atomic E-state index is 11.7. The van der Waals surface area contributed by atoms with Crippen molar-refractivity contribution in [2.24, 2.45) is 5.73 Å². The van der Waals surface area contributed by atoms with E-state index in [1.54, 1.807) is 24.3 Å². The lowest BCUT2D eigenvalue weighted by molar-refractivity contribution is -0.136. The van der Waals surface area contributed by atoms with Gasteiger partial charge in [0.2, 0.25) is 0 Å². The molecule has 0 saturated heterocycles. The highest BCUT2D eigenvalue weighted by atomic mass is 32.1. The number of aliphatic carboxylic acids is 1. The summed E-state index contributed by atoms with van der Waals surface area (Å²) < 4.78 is 0. The molecule has 1 unspecified atom stereocenters. The van der Waals surface area contributed by atoms with Crippen molar-refractivity contribution in [3.05, 3.63) is 35.9 Å². The van der Waals surface area contributed by atoms with Crippen molar-refractivity contribution in [3.63, 3.8) is 0 Å². The van der Waals surface area contributed by atoms with E-state index in [2.05, 4.69) is 0 Å². The molecule has 3 N–H and O–H groups in total. The van der Waals surface area contributed by atoms with Crippen molar-refractivity contribution in [2.75, 3.05) is 0 Å². The van der Waals surface area contributed by atoms with Crippen molar-refractivity contribution in [3.8, 4) is 0 Å². The SMILES string of the molecule is NC(C(=O)O)C(=S)CCC(=O)c1ccccc1. The van der Waals surface area contributed by atoms with Gasteiger partial charge < -0.3 is 10.8 Å². The van der Waals surface area contributed by atoms with E-state index in [-0.39, 0.29) is 23.5 Å².